The van der Waals surface area contributed by atoms with Gasteiger partial charge in [-0.25, -0.2) is 0 Å². The molecule has 90 valence electrons. The maximum atomic E-state index is 12.0. The van der Waals surface area contributed by atoms with E-state index in [0.717, 1.165) is 6.42 Å². The van der Waals surface area contributed by atoms with E-state index in [2.05, 4.69) is 20.8 Å². The molecular formula is C12H26N2O. The van der Waals surface area contributed by atoms with Crippen molar-refractivity contribution in [3.05, 3.63) is 0 Å². The average molecular weight is 214 g/mol. The lowest BCUT2D eigenvalue weighted by Crippen LogP contribution is -2.54. The molecule has 3 nitrogen and oxygen atoms in total. The van der Waals surface area contributed by atoms with Crippen molar-refractivity contribution in [3.8, 4) is 0 Å². The van der Waals surface area contributed by atoms with Crippen LogP contribution in [0.5, 0.6) is 0 Å². The summed E-state index contributed by atoms with van der Waals surface area (Å²) >= 11 is 0. The zero-order chi connectivity index (χ0) is 12.2. The number of hydrogen-bond acceptors (Lipinski definition) is 2. The minimum absolute atomic E-state index is 0.0400. The number of likely N-dealkylation sites (N-methyl/N-ethyl adjacent to an activating group) is 1. The largest absolute Gasteiger partial charge is 0.341 e. The van der Waals surface area contributed by atoms with Gasteiger partial charge in [-0.05, 0) is 32.6 Å². The van der Waals surface area contributed by atoms with Gasteiger partial charge in [-0.2, -0.15) is 0 Å². The Morgan fingerprint density at radius 1 is 1.40 bits per heavy atom. The van der Waals surface area contributed by atoms with Gasteiger partial charge in [0.2, 0.25) is 5.91 Å². The molecule has 0 aromatic rings. The van der Waals surface area contributed by atoms with Crippen molar-refractivity contribution in [1.82, 2.24) is 4.90 Å². The highest BCUT2D eigenvalue weighted by molar-refractivity contribution is 5.85. The van der Waals surface area contributed by atoms with Gasteiger partial charge < -0.3 is 10.6 Å². The number of nitrogens with zero attached hydrogens (tertiary/aromatic N) is 1. The van der Waals surface area contributed by atoms with Crippen LogP contribution in [0.1, 0.15) is 47.5 Å². The van der Waals surface area contributed by atoms with Crippen LogP contribution in [0.4, 0.5) is 0 Å². The highest BCUT2D eigenvalue weighted by Gasteiger charge is 2.31. The Labute approximate surface area is 94.0 Å². The molecule has 0 aliphatic carbocycles. The Hall–Kier alpha value is -0.570. The predicted octanol–water partition coefficient (Wildman–Crippen LogP) is 2.01. The Balaban J connectivity index is 4.44. The van der Waals surface area contributed by atoms with Gasteiger partial charge in [0.25, 0.3) is 0 Å². The fourth-order valence-corrected chi connectivity index (χ4v) is 1.59. The van der Waals surface area contributed by atoms with Crippen molar-refractivity contribution in [2.24, 2.45) is 11.7 Å². The Kier molecular flexibility index (Phi) is 5.29. The molecule has 0 aliphatic rings. The van der Waals surface area contributed by atoms with Crippen LogP contribution in [0.3, 0.4) is 0 Å². The van der Waals surface area contributed by atoms with E-state index < -0.39 is 5.54 Å². The molecular weight excluding hydrogens is 188 g/mol. The fraction of sp³-hybridized carbons (Fsp3) is 0.917. The number of amides is 1. The maximum absolute atomic E-state index is 12.0. The summed E-state index contributed by atoms with van der Waals surface area (Å²) in [4.78, 5) is 13.8. The molecule has 0 aromatic heterocycles. The van der Waals surface area contributed by atoms with E-state index in [1.54, 1.807) is 11.8 Å². The molecule has 1 amide bonds. The predicted molar refractivity (Wildman–Crippen MR) is 64.6 cm³/mol. The zero-order valence-electron chi connectivity index (χ0n) is 11.0. The smallest absolute Gasteiger partial charge is 0.242 e. The van der Waals surface area contributed by atoms with Crippen LogP contribution in [-0.4, -0.2) is 29.4 Å². The molecule has 2 unspecified atom stereocenters. The number of rotatable bonds is 5. The molecule has 3 heteroatoms. The van der Waals surface area contributed by atoms with Gasteiger partial charge in [-0.3, -0.25) is 4.79 Å². The summed E-state index contributed by atoms with van der Waals surface area (Å²) in [6, 6.07) is 0.256. The summed E-state index contributed by atoms with van der Waals surface area (Å²) in [5.74, 6) is 0.638. The molecule has 2 atom stereocenters. The molecule has 0 heterocycles. The van der Waals surface area contributed by atoms with Crippen molar-refractivity contribution < 1.29 is 4.79 Å². The summed E-state index contributed by atoms with van der Waals surface area (Å²) in [5, 5.41) is 0. The topological polar surface area (TPSA) is 46.3 Å². The minimum atomic E-state index is -0.722. The summed E-state index contributed by atoms with van der Waals surface area (Å²) in [6.07, 6.45) is 1.69. The zero-order valence-corrected chi connectivity index (χ0v) is 11.0. The highest BCUT2D eigenvalue weighted by Crippen LogP contribution is 2.15. The van der Waals surface area contributed by atoms with Gasteiger partial charge in [-0.15, -0.1) is 0 Å². The number of carbonyl (C=O) groups is 1. The standard InChI is InChI=1S/C12H26N2O/c1-7-12(5,13)11(15)14(6)10(4)8-9(2)3/h9-10H,7-8,13H2,1-6H3. The van der Waals surface area contributed by atoms with Crippen LogP contribution in [0, 0.1) is 5.92 Å². The molecule has 0 rings (SSSR count). The third-order valence-electron chi connectivity index (χ3n) is 3.02. The second-order valence-corrected chi connectivity index (χ2v) is 5.17. The molecule has 0 aromatic carbocycles. The molecule has 0 spiro atoms. The normalized spacial score (nSPS) is 17.3. The fourth-order valence-electron chi connectivity index (χ4n) is 1.59. The van der Waals surface area contributed by atoms with E-state index in [1.165, 1.54) is 0 Å². The van der Waals surface area contributed by atoms with E-state index in [1.807, 2.05) is 14.0 Å². The maximum Gasteiger partial charge on any atom is 0.242 e. The summed E-state index contributed by atoms with van der Waals surface area (Å²) in [6.45, 7) is 10.1. The first-order valence-electron chi connectivity index (χ1n) is 5.78. The van der Waals surface area contributed by atoms with E-state index in [4.69, 9.17) is 5.73 Å². The molecule has 0 radical (unpaired) electrons. The lowest BCUT2D eigenvalue weighted by Gasteiger charge is -2.33. The molecule has 0 bridgehead atoms. The van der Waals surface area contributed by atoms with E-state index >= 15 is 0 Å². The number of nitrogens with two attached hydrogens (primary N) is 1. The van der Waals surface area contributed by atoms with Gasteiger partial charge in [0.15, 0.2) is 0 Å². The number of carbonyl (C=O) groups excluding carboxylic acids is 1. The quantitative estimate of drug-likeness (QED) is 0.761. The Morgan fingerprint density at radius 2 is 1.87 bits per heavy atom. The van der Waals surface area contributed by atoms with Crippen LogP contribution in [0.25, 0.3) is 0 Å². The van der Waals surface area contributed by atoms with Crippen molar-refractivity contribution in [2.45, 2.75) is 59.0 Å². The Bertz CT molecular complexity index is 212. The summed E-state index contributed by atoms with van der Waals surface area (Å²) in [7, 11) is 1.84. The van der Waals surface area contributed by atoms with Crippen LogP contribution >= 0.6 is 0 Å². The van der Waals surface area contributed by atoms with Gasteiger partial charge >= 0.3 is 0 Å². The van der Waals surface area contributed by atoms with Crippen LogP contribution in [0.2, 0.25) is 0 Å². The van der Waals surface area contributed by atoms with Crippen molar-refractivity contribution in [1.29, 1.82) is 0 Å². The first-order valence-corrected chi connectivity index (χ1v) is 5.78. The van der Waals surface area contributed by atoms with Gasteiger partial charge in [0, 0.05) is 13.1 Å². The molecule has 0 aliphatic heterocycles. The average Bonchev–Trinajstić information content (AvgIpc) is 2.14. The van der Waals surface area contributed by atoms with Crippen molar-refractivity contribution in [3.63, 3.8) is 0 Å². The van der Waals surface area contributed by atoms with Gasteiger partial charge in [0.1, 0.15) is 0 Å². The monoisotopic (exact) mass is 214 g/mol. The minimum Gasteiger partial charge on any atom is -0.341 e. The van der Waals surface area contributed by atoms with E-state index in [-0.39, 0.29) is 11.9 Å². The third kappa shape index (κ3) is 4.20. The van der Waals surface area contributed by atoms with Crippen molar-refractivity contribution >= 4 is 5.91 Å². The molecule has 0 saturated heterocycles. The van der Waals surface area contributed by atoms with Crippen LogP contribution in [-0.2, 0) is 4.79 Å². The van der Waals surface area contributed by atoms with Gasteiger partial charge in [0.05, 0.1) is 5.54 Å². The van der Waals surface area contributed by atoms with Gasteiger partial charge in [-0.1, -0.05) is 20.8 Å². The van der Waals surface area contributed by atoms with Crippen LogP contribution in [0.15, 0.2) is 0 Å². The SMILES string of the molecule is CCC(C)(N)C(=O)N(C)C(C)CC(C)C. The first-order chi connectivity index (χ1) is 6.72. The first kappa shape index (κ1) is 14.4. The lowest BCUT2D eigenvalue weighted by atomic mass is 9.96. The number of hydrogen-bond donors (Lipinski definition) is 1. The molecule has 15 heavy (non-hydrogen) atoms. The highest BCUT2D eigenvalue weighted by atomic mass is 16.2. The lowest BCUT2D eigenvalue weighted by molar-refractivity contribution is -0.137. The molecule has 0 saturated carbocycles. The van der Waals surface area contributed by atoms with E-state index in [0.29, 0.717) is 12.3 Å². The Morgan fingerprint density at radius 3 is 2.20 bits per heavy atom. The van der Waals surface area contributed by atoms with Crippen molar-refractivity contribution in [2.75, 3.05) is 7.05 Å². The summed E-state index contributed by atoms with van der Waals surface area (Å²) < 4.78 is 0. The molecule has 2 N–H and O–H groups in total. The second-order valence-electron chi connectivity index (χ2n) is 5.17. The third-order valence-corrected chi connectivity index (χ3v) is 3.02. The summed E-state index contributed by atoms with van der Waals surface area (Å²) in [5.41, 5.74) is 5.22. The van der Waals surface area contributed by atoms with Crippen LogP contribution < -0.4 is 5.73 Å². The molecule has 0 fully saturated rings. The second kappa shape index (κ2) is 5.50. The van der Waals surface area contributed by atoms with E-state index in [9.17, 15) is 4.79 Å².